The van der Waals surface area contributed by atoms with E-state index in [1.165, 1.54) is 5.56 Å². The van der Waals surface area contributed by atoms with Crippen LogP contribution in [0.3, 0.4) is 0 Å². The number of hydrogen-bond donors (Lipinski definition) is 1. The fraction of sp³-hybridized carbons (Fsp3) is 0.286. The molecule has 0 radical (unpaired) electrons. The molecule has 0 bridgehead atoms. The number of carbonyl (C=O) groups excluding carboxylic acids is 2. The van der Waals surface area contributed by atoms with Crippen molar-refractivity contribution in [3.8, 4) is 5.75 Å². The Morgan fingerprint density at radius 1 is 1.03 bits per heavy atom. The number of hydrogen-bond acceptors (Lipinski definition) is 3. The van der Waals surface area contributed by atoms with Crippen molar-refractivity contribution in [2.45, 2.75) is 45.2 Å². The van der Waals surface area contributed by atoms with E-state index in [2.05, 4.69) is 19.2 Å². The minimum absolute atomic E-state index is 0.163. The van der Waals surface area contributed by atoms with Gasteiger partial charge < -0.3 is 10.1 Å². The molecule has 0 saturated heterocycles. The molecule has 0 aliphatic carbocycles. The van der Waals surface area contributed by atoms with Crippen LogP contribution in [-0.4, -0.2) is 24.5 Å². The first-order valence-corrected chi connectivity index (χ1v) is 11.3. The number of carbonyl (C=O) groups is 2. The summed E-state index contributed by atoms with van der Waals surface area (Å²) in [5, 5.41) is 3.05. The maximum absolute atomic E-state index is 13.7. The van der Waals surface area contributed by atoms with Gasteiger partial charge in [0.15, 0.2) is 0 Å². The van der Waals surface area contributed by atoms with Crippen molar-refractivity contribution >= 4 is 17.5 Å². The van der Waals surface area contributed by atoms with E-state index in [0.29, 0.717) is 35.9 Å². The first kappa shape index (κ1) is 22.6. The topological polar surface area (TPSA) is 58.6 Å². The van der Waals surface area contributed by atoms with Crippen molar-refractivity contribution in [2.24, 2.45) is 0 Å². The van der Waals surface area contributed by atoms with E-state index in [9.17, 15) is 9.59 Å². The molecule has 1 aliphatic heterocycles. The second kappa shape index (κ2) is 9.10. The van der Waals surface area contributed by atoms with Crippen LogP contribution in [0.4, 0.5) is 5.69 Å². The van der Waals surface area contributed by atoms with Crippen molar-refractivity contribution in [2.75, 3.05) is 12.0 Å². The number of rotatable bonds is 6. The van der Waals surface area contributed by atoms with E-state index in [0.717, 1.165) is 11.1 Å². The molecule has 4 rings (SSSR count). The van der Waals surface area contributed by atoms with E-state index in [-0.39, 0.29) is 11.8 Å². The lowest BCUT2D eigenvalue weighted by molar-refractivity contribution is -0.126. The van der Waals surface area contributed by atoms with Crippen LogP contribution in [0.25, 0.3) is 0 Å². The third-order valence-electron chi connectivity index (χ3n) is 6.42. The number of amides is 2. The van der Waals surface area contributed by atoms with Crippen LogP contribution in [0.1, 0.15) is 53.7 Å². The van der Waals surface area contributed by atoms with Crippen LogP contribution in [-0.2, 0) is 17.8 Å². The summed E-state index contributed by atoms with van der Waals surface area (Å²) in [6.45, 7) is 6.42. The van der Waals surface area contributed by atoms with E-state index in [1.807, 2.05) is 79.7 Å². The molecule has 5 nitrogen and oxygen atoms in total. The minimum atomic E-state index is -1.08. The molecule has 33 heavy (non-hydrogen) atoms. The van der Waals surface area contributed by atoms with Crippen molar-refractivity contribution in [1.82, 2.24) is 5.32 Å². The lowest BCUT2D eigenvalue weighted by atomic mass is 9.82. The van der Waals surface area contributed by atoms with E-state index in [1.54, 1.807) is 12.0 Å². The monoisotopic (exact) mass is 442 g/mol. The second-order valence-electron chi connectivity index (χ2n) is 8.99. The highest BCUT2D eigenvalue weighted by atomic mass is 16.5. The van der Waals surface area contributed by atoms with Crippen LogP contribution in [0.5, 0.6) is 5.75 Å². The van der Waals surface area contributed by atoms with Gasteiger partial charge in [-0.2, -0.15) is 0 Å². The fourth-order valence-electron chi connectivity index (χ4n) is 4.48. The highest BCUT2D eigenvalue weighted by molar-refractivity contribution is 6.14. The maximum atomic E-state index is 13.7. The molecule has 1 N–H and O–H groups in total. The summed E-state index contributed by atoms with van der Waals surface area (Å²) in [4.78, 5) is 29.0. The molecular formula is C28H30N2O3. The van der Waals surface area contributed by atoms with Gasteiger partial charge in [0.2, 0.25) is 5.91 Å². The summed E-state index contributed by atoms with van der Waals surface area (Å²) in [5.41, 5.74) is 3.23. The van der Waals surface area contributed by atoms with Crippen molar-refractivity contribution in [3.05, 3.63) is 95.1 Å². The molecule has 1 heterocycles. The molecule has 170 valence electrons. The minimum Gasteiger partial charge on any atom is -0.496 e. The van der Waals surface area contributed by atoms with Gasteiger partial charge in [0.25, 0.3) is 5.91 Å². The first-order chi connectivity index (χ1) is 15.8. The molecule has 0 unspecified atom stereocenters. The van der Waals surface area contributed by atoms with E-state index < -0.39 is 5.54 Å². The summed E-state index contributed by atoms with van der Waals surface area (Å²) < 4.78 is 5.42. The molecule has 0 aromatic heterocycles. The average Bonchev–Trinajstić information content (AvgIpc) is 2.83. The van der Waals surface area contributed by atoms with Gasteiger partial charge in [0.05, 0.1) is 7.11 Å². The molecule has 5 heteroatoms. The molecule has 1 atom stereocenters. The molecule has 1 aliphatic rings. The molecular weight excluding hydrogens is 412 g/mol. The zero-order valence-electron chi connectivity index (χ0n) is 19.6. The van der Waals surface area contributed by atoms with Crippen LogP contribution in [0.2, 0.25) is 0 Å². The Morgan fingerprint density at radius 3 is 2.39 bits per heavy atom. The SMILES string of the molecule is COc1ccccc1CNC(=O)[C@]1(C)Cc2ccccc2C(=O)N1c1ccc(C(C)C)cc1. The third kappa shape index (κ3) is 4.23. The van der Waals surface area contributed by atoms with Crippen molar-refractivity contribution < 1.29 is 14.3 Å². The Labute approximate surface area is 195 Å². The number of methoxy groups -OCH3 is 1. The number of fused-ring (bicyclic) bond motifs is 1. The predicted octanol–water partition coefficient (Wildman–Crippen LogP) is 5.10. The Kier molecular flexibility index (Phi) is 6.23. The Balaban J connectivity index is 1.70. The first-order valence-electron chi connectivity index (χ1n) is 11.3. The van der Waals surface area contributed by atoms with Crippen LogP contribution >= 0.6 is 0 Å². The van der Waals surface area contributed by atoms with Crippen LogP contribution in [0, 0.1) is 0 Å². The standard InChI is InChI=1S/C28H30N2O3/c1-19(2)20-13-15-23(16-14-20)30-26(31)24-11-7-5-9-21(24)17-28(30,3)27(32)29-18-22-10-6-8-12-25(22)33-4/h5-16,19H,17-18H2,1-4H3,(H,29,32)/t28-/m0/s1. The molecule has 0 saturated carbocycles. The number of para-hydroxylation sites is 1. The lowest BCUT2D eigenvalue weighted by Crippen LogP contribution is -2.63. The number of ether oxygens (including phenoxy) is 1. The van der Waals surface area contributed by atoms with Gasteiger partial charge in [-0.05, 0) is 48.2 Å². The highest BCUT2D eigenvalue weighted by Crippen LogP contribution is 2.36. The smallest absolute Gasteiger partial charge is 0.259 e. The van der Waals surface area contributed by atoms with Gasteiger partial charge >= 0.3 is 0 Å². The Morgan fingerprint density at radius 2 is 1.70 bits per heavy atom. The summed E-state index contributed by atoms with van der Waals surface area (Å²) >= 11 is 0. The fourth-order valence-corrected chi connectivity index (χ4v) is 4.48. The van der Waals surface area contributed by atoms with Gasteiger partial charge in [-0.3, -0.25) is 14.5 Å². The number of anilines is 1. The average molecular weight is 443 g/mol. The van der Waals surface area contributed by atoms with Gasteiger partial charge in [-0.15, -0.1) is 0 Å². The largest absolute Gasteiger partial charge is 0.496 e. The van der Waals surface area contributed by atoms with Gasteiger partial charge in [0, 0.05) is 29.8 Å². The normalized spacial score (nSPS) is 17.6. The van der Waals surface area contributed by atoms with E-state index >= 15 is 0 Å². The zero-order chi connectivity index (χ0) is 23.6. The predicted molar refractivity (Wildman–Crippen MR) is 131 cm³/mol. The van der Waals surface area contributed by atoms with Crippen LogP contribution < -0.4 is 15.0 Å². The quantitative estimate of drug-likeness (QED) is 0.578. The zero-order valence-corrected chi connectivity index (χ0v) is 19.6. The van der Waals surface area contributed by atoms with Gasteiger partial charge in [-0.1, -0.05) is 62.4 Å². The summed E-state index contributed by atoms with van der Waals surface area (Å²) in [5.74, 6) is 0.731. The Bertz CT molecular complexity index is 1170. The number of nitrogens with one attached hydrogen (secondary N) is 1. The summed E-state index contributed by atoms with van der Waals surface area (Å²) in [6.07, 6.45) is 0.429. The van der Waals surface area contributed by atoms with Crippen molar-refractivity contribution in [3.63, 3.8) is 0 Å². The molecule has 0 spiro atoms. The summed E-state index contributed by atoms with van der Waals surface area (Å²) in [7, 11) is 1.61. The molecule has 0 fully saturated rings. The van der Waals surface area contributed by atoms with Crippen LogP contribution in [0.15, 0.2) is 72.8 Å². The second-order valence-corrected chi connectivity index (χ2v) is 8.99. The summed E-state index contributed by atoms with van der Waals surface area (Å²) in [6, 6.07) is 23.1. The number of nitrogens with zero attached hydrogens (tertiary/aromatic N) is 1. The van der Waals surface area contributed by atoms with Crippen molar-refractivity contribution in [1.29, 1.82) is 0 Å². The van der Waals surface area contributed by atoms with Gasteiger partial charge in [-0.25, -0.2) is 0 Å². The maximum Gasteiger partial charge on any atom is 0.259 e. The number of benzene rings is 3. The van der Waals surface area contributed by atoms with Gasteiger partial charge in [0.1, 0.15) is 11.3 Å². The van der Waals surface area contributed by atoms with E-state index in [4.69, 9.17) is 4.74 Å². The third-order valence-corrected chi connectivity index (χ3v) is 6.42. The molecule has 3 aromatic carbocycles. The Hall–Kier alpha value is -3.60. The molecule has 2 amide bonds. The highest BCUT2D eigenvalue weighted by Gasteiger charge is 2.47. The molecule has 3 aromatic rings. The lowest BCUT2D eigenvalue weighted by Gasteiger charge is -2.44.